The second kappa shape index (κ2) is 7.19. The molecule has 2 aromatic heterocycles. The van der Waals surface area contributed by atoms with Crippen LogP contribution >= 0.6 is 11.3 Å². The maximum absolute atomic E-state index is 13.8. The lowest BCUT2D eigenvalue weighted by Crippen LogP contribution is -2.06. The van der Waals surface area contributed by atoms with E-state index in [1.165, 1.54) is 5.56 Å². The summed E-state index contributed by atoms with van der Waals surface area (Å²) in [7, 11) is 0. The lowest BCUT2D eigenvalue weighted by molar-refractivity contribution is 0.280. The van der Waals surface area contributed by atoms with Crippen molar-refractivity contribution in [2.24, 2.45) is 0 Å². The molecule has 0 aliphatic heterocycles. The fourth-order valence-electron chi connectivity index (χ4n) is 1.96. The molecule has 4 nitrogen and oxygen atoms in total. The standard InChI is InChI=1S/C17H16FN3OS/c1-12-4-6-13(7-5-12)11-22-17-20-10-15(18)16(21-17)19-9-14-3-2-8-23-14/h2-8,10H,9,11H2,1H3,(H,19,20,21). The van der Waals surface area contributed by atoms with E-state index in [2.05, 4.69) is 15.3 Å². The molecule has 0 amide bonds. The maximum atomic E-state index is 13.8. The monoisotopic (exact) mass is 329 g/mol. The van der Waals surface area contributed by atoms with E-state index >= 15 is 0 Å². The minimum atomic E-state index is -0.496. The van der Waals surface area contributed by atoms with Crippen LogP contribution in [0.4, 0.5) is 10.2 Å². The number of anilines is 1. The van der Waals surface area contributed by atoms with Gasteiger partial charge in [-0.1, -0.05) is 35.9 Å². The van der Waals surface area contributed by atoms with Crippen LogP contribution in [0.25, 0.3) is 0 Å². The van der Waals surface area contributed by atoms with Gasteiger partial charge in [0.15, 0.2) is 11.6 Å². The van der Waals surface area contributed by atoms with Gasteiger partial charge in [-0.3, -0.25) is 0 Å². The van der Waals surface area contributed by atoms with Crippen LogP contribution in [-0.4, -0.2) is 9.97 Å². The lowest BCUT2D eigenvalue weighted by Gasteiger charge is -2.08. The van der Waals surface area contributed by atoms with Crippen molar-refractivity contribution in [1.29, 1.82) is 0 Å². The highest BCUT2D eigenvalue weighted by Gasteiger charge is 2.08. The van der Waals surface area contributed by atoms with E-state index < -0.39 is 5.82 Å². The molecule has 0 aliphatic rings. The molecule has 3 rings (SSSR count). The molecule has 0 radical (unpaired) electrons. The predicted molar refractivity (Wildman–Crippen MR) is 89.1 cm³/mol. The zero-order valence-corrected chi connectivity index (χ0v) is 13.4. The molecule has 0 fully saturated rings. The number of rotatable bonds is 6. The van der Waals surface area contributed by atoms with Crippen LogP contribution in [0.1, 0.15) is 16.0 Å². The van der Waals surface area contributed by atoms with Gasteiger partial charge in [-0.25, -0.2) is 9.37 Å². The SMILES string of the molecule is Cc1ccc(COc2ncc(F)c(NCc3cccs3)n2)cc1. The summed E-state index contributed by atoms with van der Waals surface area (Å²) in [4.78, 5) is 9.06. The number of nitrogens with zero attached hydrogens (tertiary/aromatic N) is 2. The summed E-state index contributed by atoms with van der Waals surface area (Å²) in [5.41, 5.74) is 2.20. The van der Waals surface area contributed by atoms with E-state index in [1.54, 1.807) is 11.3 Å². The van der Waals surface area contributed by atoms with Crippen molar-refractivity contribution in [2.45, 2.75) is 20.1 Å². The highest BCUT2D eigenvalue weighted by Crippen LogP contribution is 2.17. The third-order valence-corrected chi connectivity index (χ3v) is 4.10. The van der Waals surface area contributed by atoms with Crippen LogP contribution in [0.2, 0.25) is 0 Å². The number of nitrogens with one attached hydrogen (secondary N) is 1. The number of halogens is 1. The van der Waals surface area contributed by atoms with E-state index in [-0.39, 0.29) is 11.8 Å². The molecule has 0 aliphatic carbocycles. The summed E-state index contributed by atoms with van der Waals surface area (Å²) < 4.78 is 19.3. The molecule has 23 heavy (non-hydrogen) atoms. The van der Waals surface area contributed by atoms with Gasteiger partial charge >= 0.3 is 6.01 Å². The summed E-state index contributed by atoms with van der Waals surface area (Å²) in [6, 6.07) is 12.1. The Hall–Kier alpha value is -2.47. The molecule has 0 spiro atoms. The number of ether oxygens (including phenoxy) is 1. The minimum absolute atomic E-state index is 0.146. The van der Waals surface area contributed by atoms with Crippen molar-refractivity contribution >= 4 is 17.2 Å². The van der Waals surface area contributed by atoms with Crippen molar-refractivity contribution in [1.82, 2.24) is 9.97 Å². The van der Waals surface area contributed by atoms with Crippen LogP contribution in [0.15, 0.2) is 48.0 Å². The molecule has 118 valence electrons. The molecule has 0 saturated heterocycles. The summed E-state index contributed by atoms with van der Waals surface area (Å²) in [5.74, 6) is -0.350. The Morgan fingerprint density at radius 1 is 1.22 bits per heavy atom. The topological polar surface area (TPSA) is 47.0 Å². The number of thiophene rings is 1. The number of hydrogen-bond acceptors (Lipinski definition) is 5. The molecule has 0 atom stereocenters. The number of benzene rings is 1. The van der Waals surface area contributed by atoms with Crippen molar-refractivity contribution in [3.63, 3.8) is 0 Å². The third-order valence-electron chi connectivity index (χ3n) is 3.22. The number of hydrogen-bond donors (Lipinski definition) is 1. The van der Waals surface area contributed by atoms with E-state index in [0.717, 1.165) is 16.6 Å². The fraction of sp³-hybridized carbons (Fsp3) is 0.176. The Labute approximate surface area is 138 Å². The molecule has 2 heterocycles. The first-order valence-electron chi connectivity index (χ1n) is 7.18. The second-order valence-corrected chi connectivity index (χ2v) is 6.09. The van der Waals surface area contributed by atoms with Gasteiger partial charge in [0.1, 0.15) is 6.61 Å². The second-order valence-electron chi connectivity index (χ2n) is 5.06. The first-order chi connectivity index (χ1) is 11.2. The van der Waals surface area contributed by atoms with Crippen LogP contribution in [0.3, 0.4) is 0 Å². The maximum Gasteiger partial charge on any atom is 0.318 e. The smallest absolute Gasteiger partial charge is 0.318 e. The Balaban J connectivity index is 1.63. The Kier molecular flexibility index (Phi) is 4.83. The van der Waals surface area contributed by atoms with Crippen molar-refractivity contribution in [3.8, 4) is 6.01 Å². The van der Waals surface area contributed by atoms with Gasteiger partial charge in [0.2, 0.25) is 0 Å². The third kappa shape index (κ3) is 4.26. The van der Waals surface area contributed by atoms with E-state index in [4.69, 9.17) is 4.74 Å². The van der Waals surface area contributed by atoms with Crippen LogP contribution < -0.4 is 10.1 Å². The van der Waals surface area contributed by atoms with Gasteiger partial charge in [0.05, 0.1) is 12.7 Å². The minimum Gasteiger partial charge on any atom is -0.459 e. The van der Waals surface area contributed by atoms with E-state index in [1.807, 2.05) is 48.7 Å². The highest BCUT2D eigenvalue weighted by atomic mass is 32.1. The Bertz CT molecular complexity index is 760. The van der Waals surface area contributed by atoms with Gasteiger partial charge in [0, 0.05) is 4.88 Å². The zero-order chi connectivity index (χ0) is 16.1. The van der Waals surface area contributed by atoms with E-state index in [0.29, 0.717) is 13.2 Å². The first-order valence-corrected chi connectivity index (χ1v) is 8.06. The van der Waals surface area contributed by atoms with Crippen LogP contribution in [0.5, 0.6) is 6.01 Å². The van der Waals surface area contributed by atoms with Crippen LogP contribution in [0, 0.1) is 12.7 Å². The largest absolute Gasteiger partial charge is 0.459 e. The van der Waals surface area contributed by atoms with Gasteiger partial charge < -0.3 is 10.1 Å². The molecule has 0 unspecified atom stereocenters. The summed E-state index contributed by atoms with van der Waals surface area (Å²) >= 11 is 1.60. The quantitative estimate of drug-likeness (QED) is 0.737. The summed E-state index contributed by atoms with van der Waals surface area (Å²) in [6.45, 7) is 2.89. The Morgan fingerprint density at radius 3 is 2.78 bits per heavy atom. The van der Waals surface area contributed by atoms with Crippen molar-refractivity contribution in [3.05, 3.63) is 69.8 Å². The van der Waals surface area contributed by atoms with Gasteiger partial charge in [-0.15, -0.1) is 11.3 Å². The fourth-order valence-corrected chi connectivity index (χ4v) is 2.61. The van der Waals surface area contributed by atoms with Crippen LogP contribution in [-0.2, 0) is 13.2 Å². The molecule has 1 N–H and O–H groups in total. The molecule has 3 aromatic rings. The lowest BCUT2D eigenvalue weighted by atomic mass is 10.2. The van der Waals surface area contributed by atoms with Gasteiger partial charge in [0.25, 0.3) is 0 Å². The van der Waals surface area contributed by atoms with Crippen molar-refractivity contribution in [2.75, 3.05) is 5.32 Å². The Morgan fingerprint density at radius 2 is 2.04 bits per heavy atom. The molecular weight excluding hydrogens is 313 g/mol. The average Bonchev–Trinajstić information content (AvgIpc) is 3.08. The van der Waals surface area contributed by atoms with Gasteiger partial charge in [-0.05, 0) is 23.9 Å². The summed E-state index contributed by atoms with van der Waals surface area (Å²) in [6.07, 6.45) is 1.12. The first kappa shape index (κ1) is 15.4. The average molecular weight is 329 g/mol. The molecule has 1 aromatic carbocycles. The highest BCUT2D eigenvalue weighted by molar-refractivity contribution is 7.09. The van der Waals surface area contributed by atoms with Gasteiger partial charge in [-0.2, -0.15) is 4.98 Å². The molecule has 0 bridgehead atoms. The van der Waals surface area contributed by atoms with Crippen molar-refractivity contribution < 1.29 is 9.13 Å². The number of aryl methyl sites for hydroxylation is 1. The number of aromatic nitrogens is 2. The normalized spacial score (nSPS) is 10.5. The molecule has 6 heteroatoms. The predicted octanol–water partition coefficient (Wildman–Crippen LogP) is 4.18. The molecular formula is C17H16FN3OS. The molecule has 0 saturated carbocycles. The zero-order valence-electron chi connectivity index (χ0n) is 12.6. The van der Waals surface area contributed by atoms with E-state index in [9.17, 15) is 4.39 Å². The summed E-state index contributed by atoms with van der Waals surface area (Å²) in [5, 5.41) is 4.94.